The smallest absolute Gasteiger partial charge is 0.0700 e. The van der Waals surface area contributed by atoms with E-state index in [1.165, 1.54) is 5.56 Å². The first-order valence-corrected chi connectivity index (χ1v) is 17.9. The van der Waals surface area contributed by atoms with Crippen LogP contribution in [0.4, 0.5) is 0 Å². The van der Waals surface area contributed by atoms with E-state index in [1.807, 2.05) is 0 Å². The van der Waals surface area contributed by atoms with Crippen molar-refractivity contribution in [2.45, 2.75) is 23.7 Å². The van der Waals surface area contributed by atoms with Crippen LogP contribution in [0.3, 0.4) is 0 Å². The first-order chi connectivity index (χ1) is 25.4. The lowest BCUT2D eigenvalue weighted by Crippen LogP contribution is -2.10. The van der Waals surface area contributed by atoms with Crippen molar-refractivity contribution in [3.8, 4) is 0 Å². The van der Waals surface area contributed by atoms with Crippen LogP contribution in [-0.2, 0) is 0 Å². The summed E-state index contributed by atoms with van der Waals surface area (Å²) in [5, 5.41) is 0. The number of fused-ring (bicyclic) bond motifs is 8. The average molecular weight is 683 g/mol. The summed E-state index contributed by atoms with van der Waals surface area (Å²) >= 11 is 0. The molecule has 0 spiro atoms. The number of allylic oxidation sites excluding steroid dienone is 8. The molecule has 6 aliphatic heterocycles. The maximum Gasteiger partial charge on any atom is 0.0700 e. The van der Waals surface area contributed by atoms with E-state index < -0.39 is 0 Å². The lowest BCUT2D eigenvalue weighted by atomic mass is 9.94. The molecule has 0 radical (unpaired) electrons. The van der Waals surface area contributed by atoms with Crippen LogP contribution in [0.15, 0.2) is 122 Å². The summed E-state index contributed by atoms with van der Waals surface area (Å²) in [6.07, 6.45) is 43.6. The fraction of sp³-hybridized carbons (Fsp3) is 0.182. The Morgan fingerprint density at radius 1 is 0.365 bits per heavy atom. The van der Waals surface area contributed by atoms with Gasteiger partial charge >= 0.3 is 0 Å². The molecule has 3 aromatic heterocycles. The standard InChI is InChI=1S/C44H42N8/c1-49-21-13-29(14-22-49)41-33-5-7-35(45-33)42(30-15-23-50(2)24-16-30)37-9-11-39(47-37)44(32-19-27-52(4)28-20-32)40-12-10-38(48-40)43(36-8-6-34(41)46-36)31-17-25-51(3)26-18-31/h5-32,45-46H,1-4H3. The number of rotatable bonds is 4. The van der Waals surface area contributed by atoms with Crippen LogP contribution in [-0.4, -0.2) is 67.7 Å². The molecule has 2 N–H and O–H groups in total. The molecule has 0 fully saturated rings. The second kappa shape index (κ2) is 12.8. The van der Waals surface area contributed by atoms with Crippen molar-refractivity contribution in [3.05, 3.63) is 168 Å². The van der Waals surface area contributed by atoms with Crippen LogP contribution < -0.4 is 0 Å². The third-order valence-corrected chi connectivity index (χ3v) is 10.5. The molecule has 52 heavy (non-hydrogen) atoms. The summed E-state index contributed by atoms with van der Waals surface area (Å²) in [6.45, 7) is 0. The Labute approximate surface area is 304 Å². The number of hydrogen-bond acceptors (Lipinski definition) is 6. The second-order valence-electron chi connectivity index (χ2n) is 14.2. The van der Waals surface area contributed by atoms with Crippen LogP contribution in [0.2, 0.25) is 0 Å². The van der Waals surface area contributed by atoms with E-state index in [9.17, 15) is 0 Å². The molecule has 0 aliphatic carbocycles. The molecule has 9 heterocycles. The second-order valence-corrected chi connectivity index (χ2v) is 14.2. The van der Waals surface area contributed by atoms with E-state index in [0.29, 0.717) is 0 Å². The lowest BCUT2D eigenvalue weighted by molar-refractivity contribution is 0.605. The van der Waals surface area contributed by atoms with Crippen molar-refractivity contribution in [2.75, 3.05) is 28.2 Å². The number of aromatic amines is 2. The van der Waals surface area contributed by atoms with Crippen LogP contribution in [0.1, 0.15) is 68.7 Å². The fourth-order valence-electron chi connectivity index (χ4n) is 7.75. The number of H-pyrrole nitrogens is 2. The molecule has 8 heteroatoms. The van der Waals surface area contributed by atoms with E-state index in [1.54, 1.807) is 0 Å². The van der Waals surface area contributed by atoms with Gasteiger partial charge in [-0.2, -0.15) is 0 Å². The van der Waals surface area contributed by atoms with Crippen molar-refractivity contribution >= 4 is 46.4 Å². The Morgan fingerprint density at radius 2 is 0.615 bits per heavy atom. The van der Waals surface area contributed by atoms with Crippen molar-refractivity contribution in [1.82, 2.24) is 39.5 Å². The maximum absolute atomic E-state index is 5.43. The highest BCUT2D eigenvalue weighted by Gasteiger charge is 2.25. The van der Waals surface area contributed by atoms with Crippen molar-refractivity contribution in [2.24, 2.45) is 0 Å². The highest BCUT2D eigenvalue weighted by Crippen LogP contribution is 2.38. The molecular formula is C44H42N8. The van der Waals surface area contributed by atoms with E-state index >= 15 is 0 Å². The van der Waals surface area contributed by atoms with Gasteiger partial charge in [0.2, 0.25) is 0 Å². The van der Waals surface area contributed by atoms with Gasteiger partial charge in [0, 0.05) is 146 Å². The first-order valence-electron chi connectivity index (χ1n) is 17.9. The van der Waals surface area contributed by atoms with E-state index in [0.717, 1.165) is 61.5 Å². The average Bonchev–Trinajstić information content (AvgIpc) is 3.99. The van der Waals surface area contributed by atoms with E-state index in [2.05, 4.69) is 205 Å². The monoisotopic (exact) mass is 682 g/mol. The Morgan fingerprint density at radius 3 is 0.942 bits per heavy atom. The maximum atomic E-state index is 5.43. The zero-order valence-electron chi connectivity index (χ0n) is 29.8. The zero-order chi connectivity index (χ0) is 35.3. The van der Waals surface area contributed by atoms with Gasteiger partial charge < -0.3 is 29.6 Å². The normalized spacial score (nSPS) is 18.7. The molecule has 0 aromatic carbocycles. The minimum atomic E-state index is 0.0145. The Hall–Kier alpha value is -6.28. The largest absolute Gasteiger partial charge is 0.358 e. The minimum absolute atomic E-state index is 0.0145. The highest BCUT2D eigenvalue weighted by molar-refractivity contribution is 5.85. The molecule has 8 bridgehead atoms. The van der Waals surface area contributed by atoms with Crippen molar-refractivity contribution < 1.29 is 0 Å². The Bertz CT molecular complexity index is 2230. The lowest BCUT2D eigenvalue weighted by Gasteiger charge is -2.20. The molecule has 6 aliphatic rings. The van der Waals surface area contributed by atoms with Gasteiger partial charge in [0.25, 0.3) is 0 Å². The molecule has 0 saturated heterocycles. The minimum Gasteiger partial charge on any atom is -0.358 e. The SMILES string of the molecule is CN1C=CC(c2c3nc(c(C4C=CN(C)C=C4)c4ccc([nH]4)c(C4C=CN(C)C=C4)c4ccc([nH]4)c(C4C=CN(C)C=C4)c4nc2C=C4)C=C3)C=C1. The van der Waals surface area contributed by atoms with Gasteiger partial charge in [0.1, 0.15) is 0 Å². The third-order valence-electron chi connectivity index (χ3n) is 10.5. The summed E-state index contributed by atoms with van der Waals surface area (Å²) in [5.41, 5.74) is 12.5. The predicted octanol–water partition coefficient (Wildman–Crippen LogP) is 8.88. The van der Waals surface area contributed by atoms with Gasteiger partial charge in [-0.3, -0.25) is 0 Å². The molecule has 3 aromatic rings. The van der Waals surface area contributed by atoms with Crippen molar-refractivity contribution in [3.63, 3.8) is 0 Å². The zero-order valence-corrected chi connectivity index (χ0v) is 29.8. The summed E-state index contributed by atoms with van der Waals surface area (Å²) < 4.78 is 0. The van der Waals surface area contributed by atoms with Crippen LogP contribution >= 0.6 is 0 Å². The number of aromatic nitrogens is 4. The van der Waals surface area contributed by atoms with Crippen molar-refractivity contribution in [1.29, 1.82) is 0 Å². The van der Waals surface area contributed by atoms with Crippen LogP contribution in [0.25, 0.3) is 46.4 Å². The summed E-state index contributed by atoms with van der Waals surface area (Å²) in [7, 11) is 8.22. The van der Waals surface area contributed by atoms with Gasteiger partial charge in [-0.15, -0.1) is 0 Å². The molecular weight excluding hydrogens is 641 g/mol. The molecule has 0 amide bonds. The van der Waals surface area contributed by atoms with Gasteiger partial charge in [-0.25, -0.2) is 9.97 Å². The molecule has 0 saturated carbocycles. The molecule has 0 unspecified atom stereocenters. The summed E-state index contributed by atoms with van der Waals surface area (Å²) in [5.74, 6) is 0.152. The topological polar surface area (TPSA) is 70.3 Å². The summed E-state index contributed by atoms with van der Waals surface area (Å²) in [6, 6.07) is 8.87. The molecule has 8 nitrogen and oxygen atoms in total. The Kier molecular flexibility index (Phi) is 7.80. The van der Waals surface area contributed by atoms with Gasteiger partial charge in [0.05, 0.1) is 22.8 Å². The van der Waals surface area contributed by atoms with Crippen LogP contribution in [0, 0.1) is 0 Å². The predicted molar refractivity (Wildman–Crippen MR) is 214 cm³/mol. The first kappa shape index (κ1) is 31.7. The number of nitrogens with one attached hydrogen (secondary N) is 2. The third kappa shape index (κ3) is 5.76. The van der Waals surface area contributed by atoms with E-state index in [-0.39, 0.29) is 23.7 Å². The number of nitrogens with zero attached hydrogens (tertiary/aromatic N) is 6. The van der Waals surface area contributed by atoms with Crippen LogP contribution in [0.5, 0.6) is 0 Å². The quantitative estimate of drug-likeness (QED) is 0.197. The molecule has 258 valence electrons. The number of hydrogen-bond donors (Lipinski definition) is 2. The summed E-state index contributed by atoms with van der Waals surface area (Å²) in [4.78, 5) is 27.0. The molecule has 9 rings (SSSR count). The van der Waals surface area contributed by atoms with Gasteiger partial charge in [-0.1, -0.05) is 48.6 Å². The van der Waals surface area contributed by atoms with E-state index in [4.69, 9.17) is 9.97 Å². The highest BCUT2D eigenvalue weighted by atomic mass is 15.1. The Balaban J connectivity index is 1.40. The fourth-order valence-corrected chi connectivity index (χ4v) is 7.75. The van der Waals surface area contributed by atoms with Gasteiger partial charge in [-0.05, 0) is 48.6 Å². The molecule has 0 atom stereocenters. The van der Waals surface area contributed by atoms with Gasteiger partial charge in [0.15, 0.2) is 0 Å².